The van der Waals surface area contributed by atoms with E-state index in [0.717, 1.165) is 6.07 Å². The van der Waals surface area contributed by atoms with Crippen molar-refractivity contribution >= 4 is 5.69 Å². The number of nitro groups is 1. The van der Waals surface area contributed by atoms with Gasteiger partial charge in [0.2, 0.25) is 0 Å². The molecule has 0 aromatic heterocycles. The molecule has 0 atom stereocenters. The molecule has 2 rings (SSSR count). The second-order valence-electron chi connectivity index (χ2n) is 4.06. The number of rotatable bonds is 3. The van der Waals surface area contributed by atoms with Crippen molar-refractivity contribution in [2.45, 2.75) is 6.92 Å². The first kappa shape index (κ1) is 13.5. The topological polar surface area (TPSA) is 76.2 Å². The summed E-state index contributed by atoms with van der Waals surface area (Å²) in [5.41, 5.74) is 0.578. The zero-order chi connectivity index (χ0) is 14.7. The van der Waals surface area contributed by atoms with Crippen molar-refractivity contribution in [2.24, 2.45) is 0 Å². The molecule has 2 aromatic carbocycles. The predicted molar refractivity (Wildman–Crippen MR) is 69.0 cm³/mol. The van der Waals surface area contributed by atoms with Crippen molar-refractivity contribution in [1.29, 1.82) is 5.26 Å². The van der Waals surface area contributed by atoms with Crippen molar-refractivity contribution < 1.29 is 14.1 Å². The van der Waals surface area contributed by atoms with E-state index in [-0.39, 0.29) is 22.7 Å². The van der Waals surface area contributed by atoms with Crippen LogP contribution in [0.4, 0.5) is 10.1 Å². The number of hydrogen-bond donors (Lipinski definition) is 0. The van der Waals surface area contributed by atoms with Crippen LogP contribution in [0.25, 0.3) is 0 Å². The average molecular weight is 272 g/mol. The first-order valence-electron chi connectivity index (χ1n) is 5.64. The van der Waals surface area contributed by atoms with Gasteiger partial charge in [0.05, 0.1) is 16.6 Å². The number of aryl methyl sites for hydroxylation is 1. The Morgan fingerprint density at radius 3 is 2.60 bits per heavy atom. The van der Waals surface area contributed by atoms with E-state index >= 15 is 0 Å². The molecule has 5 nitrogen and oxygen atoms in total. The Morgan fingerprint density at radius 1 is 1.30 bits per heavy atom. The van der Waals surface area contributed by atoms with Crippen molar-refractivity contribution in [3.8, 4) is 17.6 Å². The van der Waals surface area contributed by atoms with Gasteiger partial charge < -0.3 is 4.74 Å². The quantitative estimate of drug-likeness (QED) is 0.630. The van der Waals surface area contributed by atoms with Crippen LogP contribution in [0.1, 0.15) is 11.1 Å². The standard InChI is InChI=1S/C14H9FN2O3/c1-9-6-11(3-4-13(9)17(18)19)20-14-5-2-10(8-16)7-12(14)15/h2-7H,1H3. The minimum Gasteiger partial charge on any atom is -0.454 e. The molecule has 0 unspecified atom stereocenters. The normalized spacial score (nSPS) is 9.85. The molecule has 0 saturated heterocycles. The lowest BCUT2D eigenvalue weighted by atomic mass is 10.2. The molecule has 0 heterocycles. The van der Waals surface area contributed by atoms with Gasteiger partial charge in [0.15, 0.2) is 11.6 Å². The Hall–Kier alpha value is -2.94. The SMILES string of the molecule is Cc1cc(Oc2ccc(C#N)cc2F)ccc1[N+](=O)[O-]. The fourth-order valence-electron chi connectivity index (χ4n) is 1.68. The third-order valence-electron chi connectivity index (χ3n) is 2.65. The zero-order valence-corrected chi connectivity index (χ0v) is 10.5. The van der Waals surface area contributed by atoms with Crippen LogP contribution >= 0.6 is 0 Å². The van der Waals surface area contributed by atoms with Gasteiger partial charge in [-0.3, -0.25) is 10.1 Å². The first-order chi connectivity index (χ1) is 9.51. The molecule has 0 fully saturated rings. The van der Waals surface area contributed by atoms with Gasteiger partial charge in [-0.05, 0) is 37.3 Å². The summed E-state index contributed by atoms with van der Waals surface area (Å²) >= 11 is 0. The highest BCUT2D eigenvalue weighted by atomic mass is 19.1. The van der Waals surface area contributed by atoms with E-state index in [0.29, 0.717) is 5.56 Å². The smallest absolute Gasteiger partial charge is 0.272 e. The summed E-state index contributed by atoms with van der Waals surface area (Å²) in [7, 11) is 0. The Bertz CT molecular complexity index is 723. The molecule has 0 amide bonds. The van der Waals surface area contributed by atoms with Crippen molar-refractivity contribution in [3.05, 3.63) is 63.5 Å². The molecule has 20 heavy (non-hydrogen) atoms. The maximum atomic E-state index is 13.6. The van der Waals surface area contributed by atoms with E-state index in [1.54, 1.807) is 6.92 Å². The summed E-state index contributed by atoms with van der Waals surface area (Å²) in [6.45, 7) is 1.57. The molecule has 100 valence electrons. The van der Waals surface area contributed by atoms with Gasteiger partial charge in [-0.1, -0.05) is 0 Å². The van der Waals surface area contributed by atoms with Gasteiger partial charge in [0.1, 0.15) is 5.75 Å². The molecular weight excluding hydrogens is 263 g/mol. The Balaban J connectivity index is 2.29. The number of nitro benzene ring substituents is 1. The largest absolute Gasteiger partial charge is 0.454 e. The van der Waals surface area contributed by atoms with Crippen molar-refractivity contribution in [1.82, 2.24) is 0 Å². The number of halogens is 1. The van der Waals surface area contributed by atoms with Crippen molar-refractivity contribution in [2.75, 3.05) is 0 Å². The monoisotopic (exact) mass is 272 g/mol. The van der Waals surface area contributed by atoms with Crippen molar-refractivity contribution in [3.63, 3.8) is 0 Å². The van der Waals surface area contributed by atoms with Gasteiger partial charge in [-0.15, -0.1) is 0 Å². The van der Waals surface area contributed by atoms with Crippen LogP contribution in [0.3, 0.4) is 0 Å². The Kier molecular flexibility index (Phi) is 3.62. The lowest BCUT2D eigenvalue weighted by molar-refractivity contribution is -0.385. The Labute approximate surface area is 114 Å². The fraction of sp³-hybridized carbons (Fsp3) is 0.0714. The maximum absolute atomic E-state index is 13.6. The zero-order valence-electron chi connectivity index (χ0n) is 10.5. The van der Waals surface area contributed by atoms with E-state index in [4.69, 9.17) is 10.00 Å². The molecule has 0 radical (unpaired) electrons. The van der Waals surface area contributed by atoms with Crippen LogP contribution in [0.15, 0.2) is 36.4 Å². The first-order valence-corrected chi connectivity index (χ1v) is 5.64. The fourth-order valence-corrected chi connectivity index (χ4v) is 1.68. The Morgan fingerprint density at radius 2 is 2.05 bits per heavy atom. The van der Waals surface area contributed by atoms with Gasteiger partial charge in [0, 0.05) is 11.6 Å². The van der Waals surface area contributed by atoms with Crippen LogP contribution in [-0.4, -0.2) is 4.92 Å². The molecule has 6 heteroatoms. The second kappa shape index (κ2) is 5.36. The maximum Gasteiger partial charge on any atom is 0.272 e. The third-order valence-corrected chi connectivity index (χ3v) is 2.65. The van der Waals surface area contributed by atoms with E-state index in [1.165, 1.54) is 30.3 Å². The van der Waals surface area contributed by atoms with E-state index in [1.807, 2.05) is 6.07 Å². The molecule has 0 spiro atoms. The summed E-state index contributed by atoms with van der Waals surface area (Å²) in [5.74, 6) is -0.422. The van der Waals surface area contributed by atoms with Crippen LogP contribution in [-0.2, 0) is 0 Å². The van der Waals surface area contributed by atoms with E-state index < -0.39 is 10.7 Å². The van der Waals surface area contributed by atoms with E-state index in [9.17, 15) is 14.5 Å². The molecule has 0 aliphatic rings. The molecule has 0 bridgehead atoms. The molecule has 2 aromatic rings. The summed E-state index contributed by atoms with van der Waals surface area (Å²) in [5, 5.41) is 19.3. The number of nitriles is 1. The number of ether oxygens (including phenoxy) is 1. The van der Waals surface area contributed by atoms with Crippen LogP contribution in [0.5, 0.6) is 11.5 Å². The van der Waals surface area contributed by atoms with Gasteiger partial charge in [0.25, 0.3) is 5.69 Å². The lowest BCUT2D eigenvalue weighted by Gasteiger charge is -2.07. The van der Waals surface area contributed by atoms with Crippen LogP contribution < -0.4 is 4.74 Å². The predicted octanol–water partition coefficient (Wildman–Crippen LogP) is 3.71. The van der Waals surface area contributed by atoms with Crippen LogP contribution in [0.2, 0.25) is 0 Å². The minimum atomic E-state index is -0.667. The highest BCUT2D eigenvalue weighted by molar-refractivity contribution is 5.46. The number of benzene rings is 2. The second-order valence-corrected chi connectivity index (χ2v) is 4.06. The average Bonchev–Trinajstić information content (AvgIpc) is 2.40. The van der Waals surface area contributed by atoms with Gasteiger partial charge in [-0.2, -0.15) is 5.26 Å². The molecular formula is C14H9FN2O3. The minimum absolute atomic E-state index is 0.0300. The summed E-state index contributed by atoms with van der Waals surface area (Å²) in [4.78, 5) is 10.2. The highest BCUT2D eigenvalue weighted by Gasteiger charge is 2.12. The van der Waals surface area contributed by atoms with E-state index in [2.05, 4.69) is 0 Å². The summed E-state index contributed by atoms with van der Waals surface area (Å²) in [6, 6.07) is 9.79. The number of hydrogen-bond acceptors (Lipinski definition) is 4. The van der Waals surface area contributed by atoms with Gasteiger partial charge in [-0.25, -0.2) is 4.39 Å². The number of nitrogens with zero attached hydrogens (tertiary/aromatic N) is 2. The van der Waals surface area contributed by atoms with Gasteiger partial charge >= 0.3 is 0 Å². The third kappa shape index (κ3) is 2.72. The lowest BCUT2D eigenvalue weighted by Crippen LogP contribution is -1.93. The molecule has 0 N–H and O–H groups in total. The molecule has 0 aliphatic carbocycles. The summed E-state index contributed by atoms with van der Waals surface area (Å²) in [6.07, 6.45) is 0. The highest BCUT2D eigenvalue weighted by Crippen LogP contribution is 2.28. The summed E-state index contributed by atoms with van der Waals surface area (Å²) < 4.78 is 19.0. The van der Waals surface area contributed by atoms with Crippen LogP contribution in [0, 0.1) is 34.2 Å². The molecule has 0 aliphatic heterocycles. The molecule has 0 saturated carbocycles.